The summed E-state index contributed by atoms with van der Waals surface area (Å²) < 4.78 is 12.0. The van der Waals surface area contributed by atoms with E-state index in [0.29, 0.717) is 22.8 Å². The maximum Gasteiger partial charge on any atom is 0.338 e. The van der Waals surface area contributed by atoms with Gasteiger partial charge in [0.25, 0.3) is 5.91 Å². The molecular formula is C15H17N3O4S. The number of carbonyl (C=O) groups is 2. The molecule has 122 valence electrons. The molecule has 0 saturated carbocycles. The van der Waals surface area contributed by atoms with Crippen molar-refractivity contribution in [2.45, 2.75) is 37.8 Å². The fraction of sp³-hybridized carbons (Fsp3) is 0.467. The lowest BCUT2D eigenvalue weighted by atomic mass is 9.89. The normalized spacial score (nSPS) is 26.2. The summed E-state index contributed by atoms with van der Waals surface area (Å²) in [6, 6.07) is 1.49. The molecule has 23 heavy (non-hydrogen) atoms. The second-order valence-corrected chi connectivity index (χ2v) is 7.66. The average Bonchev–Trinajstić information content (AvgIpc) is 3.00. The van der Waals surface area contributed by atoms with Crippen LogP contribution < -0.4 is 5.32 Å². The predicted octanol–water partition coefficient (Wildman–Crippen LogP) is 0.735. The predicted molar refractivity (Wildman–Crippen MR) is 84.1 cm³/mol. The second-order valence-electron chi connectivity index (χ2n) is 6.17. The number of amides is 1. The highest BCUT2D eigenvalue weighted by atomic mass is 32.2. The summed E-state index contributed by atoms with van der Waals surface area (Å²) >= 11 is 0. The number of amidine groups is 1. The third-order valence-electron chi connectivity index (χ3n) is 4.45. The Morgan fingerprint density at radius 1 is 1.48 bits per heavy atom. The van der Waals surface area contributed by atoms with E-state index in [1.54, 1.807) is 6.92 Å². The fourth-order valence-corrected chi connectivity index (χ4v) is 3.85. The standard InChI is InChI=1S/C15H17N3O4S/c1-7(2)15(3)14(21)17-11(18-15)10-9(13(19)20)6-8-4-5-23(22)12(8)16-10/h6-7H,4-5H2,1-3H3,(H,19,20)(H,17,18,21). The van der Waals surface area contributed by atoms with Gasteiger partial charge in [0.05, 0.1) is 16.4 Å². The Balaban J connectivity index is 2.17. The number of hydrogen-bond acceptors (Lipinski definition) is 5. The van der Waals surface area contributed by atoms with Gasteiger partial charge >= 0.3 is 5.97 Å². The van der Waals surface area contributed by atoms with E-state index in [0.717, 1.165) is 0 Å². The number of aromatic nitrogens is 1. The number of aryl methyl sites for hydroxylation is 1. The summed E-state index contributed by atoms with van der Waals surface area (Å²) in [4.78, 5) is 32.5. The second kappa shape index (κ2) is 5.23. The lowest BCUT2D eigenvalue weighted by Crippen LogP contribution is -2.41. The van der Waals surface area contributed by atoms with E-state index in [4.69, 9.17) is 0 Å². The molecule has 0 radical (unpaired) electrons. The van der Waals surface area contributed by atoms with Crippen LogP contribution in [0.3, 0.4) is 0 Å². The number of nitrogens with one attached hydrogen (secondary N) is 1. The fourth-order valence-electron chi connectivity index (χ4n) is 2.61. The van der Waals surface area contributed by atoms with Gasteiger partial charge in [0.1, 0.15) is 16.3 Å². The van der Waals surface area contributed by atoms with Crippen molar-refractivity contribution in [2.24, 2.45) is 10.9 Å². The minimum Gasteiger partial charge on any atom is -0.478 e. The van der Waals surface area contributed by atoms with Gasteiger partial charge in [-0.25, -0.2) is 14.8 Å². The van der Waals surface area contributed by atoms with Crippen LogP contribution in [0.1, 0.15) is 42.4 Å². The van der Waals surface area contributed by atoms with Crippen molar-refractivity contribution in [3.63, 3.8) is 0 Å². The molecule has 1 amide bonds. The van der Waals surface area contributed by atoms with Crippen LogP contribution in [0.2, 0.25) is 0 Å². The zero-order valence-electron chi connectivity index (χ0n) is 13.0. The number of fused-ring (bicyclic) bond motifs is 1. The van der Waals surface area contributed by atoms with E-state index in [9.17, 15) is 18.9 Å². The van der Waals surface area contributed by atoms with Crippen molar-refractivity contribution < 1.29 is 18.9 Å². The highest BCUT2D eigenvalue weighted by Gasteiger charge is 2.43. The van der Waals surface area contributed by atoms with Crippen molar-refractivity contribution in [1.82, 2.24) is 10.3 Å². The molecule has 0 bridgehead atoms. The first-order valence-corrected chi connectivity index (χ1v) is 8.63. The van der Waals surface area contributed by atoms with Gasteiger partial charge in [-0.3, -0.25) is 9.00 Å². The molecule has 1 aromatic heterocycles. The molecule has 0 aliphatic carbocycles. The Hall–Kier alpha value is -2.09. The van der Waals surface area contributed by atoms with E-state index in [2.05, 4.69) is 15.3 Å². The molecule has 8 heteroatoms. The number of carbonyl (C=O) groups excluding carboxylic acids is 1. The van der Waals surface area contributed by atoms with Gasteiger partial charge in [0, 0.05) is 5.75 Å². The third-order valence-corrected chi connectivity index (χ3v) is 5.81. The largest absolute Gasteiger partial charge is 0.478 e. The van der Waals surface area contributed by atoms with E-state index < -0.39 is 22.3 Å². The van der Waals surface area contributed by atoms with Crippen molar-refractivity contribution in [3.8, 4) is 0 Å². The average molecular weight is 335 g/mol. The summed E-state index contributed by atoms with van der Waals surface area (Å²) in [6.07, 6.45) is 0.540. The minimum absolute atomic E-state index is 0.0327. The Morgan fingerprint density at radius 3 is 2.74 bits per heavy atom. The van der Waals surface area contributed by atoms with Crippen LogP contribution in [0.4, 0.5) is 0 Å². The van der Waals surface area contributed by atoms with Gasteiger partial charge in [-0.05, 0) is 30.9 Å². The van der Waals surface area contributed by atoms with Gasteiger partial charge in [-0.15, -0.1) is 0 Å². The number of carboxylic acids is 1. The van der Waals surface area contributed by atoms with Crippen molar-refractivity contribution in [2.75, 3.05) is 5.75 Å². The molecule has 2 atom stereocenters. The van der Waals surface area contributed by atoms with Crippen molar-refractivity contribution in [1.29, 1.82) is 0 Å². The molecule has 0 aromatic carbocycles. The first kappa shape index (κ1) is 15.8. The van der Waals surface area contributed by atoms with E-state index >= 15 is 0 Å². The van der Waals surface area contributed by atoms with Crippen LogP contribution in [0.25, 0.3) is 0 Å². The van der Waals surface area contributed by atoms with Crippen LogP contribution in [0, 0.1) is 5.92 Å². The lowest BCUT2D eigenvalue weighted by molar-refractivity contribution is -0.124. The first-order valence-electron chi connectivity index (χ1n) is 7.31. The molecule has 3 rings (SSSR count). The number of rotatable bonds is 3. The molecule has 1 aromatic rings. The maximum atomic E-state index is 12.2. The summed E-state index contributed by atoms with van der Waals surface area (Å²) in [5.41, 5.74) is -0.245. The first-order chi connectivity index (χ1) is 10.7. The molecule has 2 aliphatic heterocycles. The third kappa shape index (κ3) is 2.37. The summed E-state index contributed by atoms with van der Waals surface area (Å²) in [6.45, 7) is 5.44. The zero-order chi connectivity index (χ0) is 16.9. The van der Waals surface area contributed by atoms with E-state index in [1.165, 1.54) is 6.07 Å². The monoisotopic (exact) mass is 335 g/mol. The number of hydrogen-bond donors (Lipinski definition) is 2. The molecule has 2 unspecified atom stereocenters. The number of pyridine rings is 1. The van der Waals surface area contributed by atoms with E-state index in [1.807, 2.05) is 13.8 Å². The summed E-state index contributed by atoms with van der Waals surface area (Å²) in [7, 11) is -1.24. The lowest BCUT2D eigenvalue weighted by Gasteiger charge is -2.21. The highest BCUT2D eigenvalue weighted by Crippen LogP contribution is 2.29. The number of carboxylic acid groups (broad SMARTS) is 1. The maximum absolute atomic E-state index is 12.2. The molecule has 7 nitrogen and oxygen atoms in total. The van der Waals surface area contributed by atoms with Crippen LogP contribution in [0.5, 0.6) is 0 Å². The number of nitrogens with zero attached hydrogens (tertiary/aromatic N) is 2. The van der Waals surface area contributed by atoms with Gasteiger partial charge in [0.15, 0.2) is 5.84 Å². The highest BCUT2D eigenvalue weighted by molar-refractivity contribution is 7.85. The molecule has 0 saturated heterocycles. The van der Waals surface area contributed by atoms with Gasteiger partial charge in [-0.1, -0.05) is 13.8 Å². The van der Waals surface area contributed by atoms with Crippen LogP contribution in [-0.4, -0.2) is 43.3 Å². The molecule has 2 aliphatic rings. The quantitative estimate of drug-likeness (QED) is 0.846. The number of aromatic carboxylic acids is 1. The van der Waals surface area contributed by atoms with Crippen LogP contribution in [0.15, 0.2) is 16.1 Å². The van der Waals surface area contributed by atoms with Crippen molar-refractivity contribution in [3.05, 3.63) is 22.9 Å². The minimum atomic E-state index is -1.24. The molecule has 2 N–H and O–H groups in total. The molecular weight excluding hydrogens is 318 g/mol. The Bertz CT molecular complexity index is 787. The summed E-state index contributed by atoms with van der Waals surface area (Å²) in [5.74, 6) is -0.926. The smallest absolute Gasteiger partial charge is 0.338 e. The van der Waals surface area contributed by atoms with E-state index in [-0.39, 0.29) is 28.9 Å². The molecule has 0 spiro atoms. The van der Waals surface area contributed by atoms with Crippen LogP contribution in [-0.2, 0) is 22.0 Å². The van der Waals surface area contributed by atoms with Gasteiger partial charge in [0.2, 0.25) is 0 Å². The molecule has 0 fully saturated rings. The van der Waals surface area contributed by atoms with Gasteiger partial charge in [-0.2, -0.15) is 0 Å². The zero-order valence-corrected chi connectivity index (χ0v) is 13.9. The number of aliphatic imine (C=N–C) groups is 1. The van der Waals surface area contributed by atoms with Crippen LogP contribution >= 0.6 is 0 Å². The Kier molecular flexibility index (Phi) is 3.59. The Labute approximate surface area is 135 Å². The Morgan fingerprint density at radius 2 is 2.17 bits per heavy atom. The topological polar surface area (TPSA) is 109 Å². The summed E-state index contributed by atoms with van der Waals surface area (Å²) in [5, 5.41) is 12.5. The SMILES string of the molecule is CC(C)C1(C)N=C(c2nc3c(cc2C(=O)O)CCS3=O)NC1=O. The molecule has 3 heterocycles. The van der Waals surface area contributed by atoms with Crippen molar-refractivity contribution >= 4 is 28.5 Å². The van der Waals surface area contributed by atoms with Gasteiger partial charge < -0.3 is 10.4 Å².